The zero-order valence-corrected chi connectivity index (χ0v) is 14.0. The zero-order chi connectivity index (χ0) is 16.2. The van der Waals surface area contributed by atoms with E-state index in [1.165, 1.54) is 25.2 Å². The van der Waals surface area contributed by atoms with Crippen molar-refractivity contribution in [1.82, 2.24) is 9.62 Å². The Labute approximate surface area is 134 Å². The van der Waals surface area contributed by atoms with Crippen molar-refractivity contribution in [2.45, 2.75) is 11.8 Å². The molecule has 0 atom stereocenters. The van der Waals surface area contributed by atoms with Gasteiger partial charge in [-0.05, 0) is 12.1 Å². The van der Waals surface area contributed by atoms with Crippen LogP contribution in [-0.4, -0.2) is 43.8 Å². The third kappa shape index (κ3) is 4.13. The van der Waals surface area contributed by atoms with Crippen LogP contribution < -0.4 is 11.1 Å². The maximum Gasteiger partial charge on any atom is 0.245 e. The van der Waals surface area contributed by atoms with Gasteiger partial charge < -0.3 is 11.1 Å². The van der Waals surface area contributed by atoms with Crippen molar-refractivity contribution in [2.75, 3.05) is 20.1 Å². The smallest absolute Gasteiger partial charge is 0.245 e. The monoisotopic (exact) mass is 349 g/mol. The molecule has 0 aliphatic carbocycles. The molecule has 0 radical (unpaired) electrons. The van der Waals surface area contributed by atoms with Crippen LogP contribution in [0, 0.1) is 0 Å². The average molecular weight is 350 g/mol. The molecule has 1 rings (SSSR count). The number of hydrogen-bond donors (Lipinski definition) is 2. The van der Waals surface area contributed by atoms with Crippen molar-refractivity contribution >= 4 is 44.7 Å². The third-order valence-electron chi connectivity index (χ3n) is 2.79. The maximum absolute atomic E-state index is 12.5. The quantitative estimate of drug-likeness (QED) is 0.739. The number of benzene rings is 1. The van der Waals surface area contributed by atoms with E-state index in [-0.39, 0.29) is 28.0 Å². The molecule has 1 aromatic rings. The summed E-state index contributed by atoms with van der Waals surface area (Å²) in [6.07, 6.45) is 0. The molecule has 0 aromatic heterocycles. The first-order valence-corrected chi connectivity index (χ1v) is 8.26. The fourth-order valence-corrected chi connectivity index (χ4v) is 3.66. The molecule has 21 heavy (non-hydrogen) atoms. The SMILES string of the molecule is CCN(CC(=O)NC)S(=O)(=O)c1ccc(C(N)=S)cc1Cl. The van der Waals surface area contributed by atoms with E-state index in [0.29, 0.717) is 5.56 Å². The molecule has 1 aromatic carbocycles. The van der Waals surface area contributed by atoms with Gasteiger partial charge in [0.1, 0.15) is 9.88 Å². The minimum atomic E-state index is -3.87. The molecule has 0 aliphatic rings. The van der Waals surface area contributed by atoms with Crippen LogP contribution >= 0.6 is 23.8 Å². The predicted molar refractivity (Wildman–Crippen MR) is 85.8 cm³/mol. The number of hydrogen-bond acceptors (Lipinski definition) is 4. The molecule has 0 saturated heterocycles. The van der Waals surface area contributed by atoms with Crippen molar-refractivity contribution in [3.63, 3.8) is 0 Å². The second kappa shape index (κ2) is 7.17. The number of nitrogens with two attached hydrogens (primary N) is 1. The number of amides is 1. The highest BCUT2D eigenvalue weighted by Gasteiger charge is 2.27. The summed E-state index contributed by atoms with van der Waals surface area (Å²) in [6, 6.07) is 4.21. The summed E-state index contributed by atoms with van der Waals surface area (Å²) in [7, 11) is -2.44. The van der Waals surface area contributed by atoms with Crippen molar-refractivity contribution < 1.29 is 13.2 Å². The Hall–Kier alpha value is -1.22. The molecule has 0 bridgehead atoms. The Morgan fingerprint density at radius 1 is 1.48 bits per heavy atom. The lowest BCUT2D eigenvalue weighted by molar-refractivity contribution is -0.120. The molecule has 1 amide bonds. The first-order chi connectivity index (χ1) is 9.73. The van der Waals surface area contributed by atoms with Crippen LogP contribution in [0.4, 0.5) is 0 Å². The van der Waals surface area contributed by atoms with Crippen molar-refractivity contribution in [3.8, 4) is 0 Å². The van der Waals surface area contributed by atoms with Crippen LogP contribution in [0.15, 0.2) is 23.1 Å². The van der Waals surface area contributed by atoms with E-state index in [2.05, 4.69) is 5.32 Å². The summed E-state index contributed by atoms with van der Waals surface area (Å²) in [6.45, 7) is 1.50. The molecule has 6 nitrogen and oxygen atoms in total. The summed E-state index contributed by atoms with van der Waals surface area (Å²) in [5.74, 6) is -0.406. The average Bonchev–Trinajstić information content (AvgIpc) is 2.43. The minimum Gasteiger partial charge on any atom is -0.389 e. The van der Waals surface area contributed by atoms with E-state index in [9.17, 15) is 13.2 Å². The fourth-order valence-electron chi connectivity index (χ4n) is 1.61. The van der Waals surface area contributed by atoms with Gasteiger partial charge in [0, 0.05) is 19.2 Å². The van der Waals surface area contributed by atoms with E-state index in [1.807, 2.05) is 0 Å². The number of halogens is 1. The van der Waals surface area contributed by atoms with Crippen LogP contribution in [0.1, 0.15) is 12.5 Å². The molecule has 116 valence electrons. The summed E-state index contributed by atoms with van der Waals surface area (Å²) in [5, 5.41) is 2.39. The van der Waals surface area contributed by atoms with Crippen LogP contribution in [0.3, 0.4) is 0 Å². The number of thiocarbonyl (C=S) groups is 1. The lowest BCUT2D eigenvalue weighted by atomic mass is 10.2. The number of carbonyl (C=O) groups is 1. The molecule has 0 saturated carbocycles. The normalized spacial score (nSPS) is 11.4. The maximum atomic E-state index is 12.5. The molecule has 0 unspecified atom stereocenters. The summed E-state index contributed by atoms with van der Waals surface area (Å²) >= 11 is 10.8. The standard InChI is InChI=1S/C12H16ClN3O3S2/c1-3-16(7-11(17)15-2)21(18,19)10-5-4-8(12(14)20)6-9(10)13/h4-6H,3,7H2,1-2H3,(H2,14,20)(H,15,17). The molecular weight excluding hydrogens is 334 g/mol. The van der Waals surface area contributed by atoms with Crippen molar-refractivity contribution in [3.05, 3.63) is 28.8 Å². The van der Waals surface area contributed by atoms with Gasteiger partial charge in [0.05, 0.1) is 11.6 Å². The zero-order valence-electron chi connectivity index (χ0n) is 11.6. The van der Waals surface area contributed by atoms with Gasteiger partial charge in [-0.25, -0.2) is 8.42 Å². The molecule has 0 aliphatic heterocycles. The fraction of sp³-hybridized carbons (Fsp3) is 0.333. The molecule has 3 N–H and O–H groups in total. The van der Waals surface area contributed by atoms with Crippen molar-refractivity contribution in [1.29, 1.82) is 0 Å². The highest BCUT2D eigenvalue weighted by Crippen LogP contribution is 2.25. The van der Waals surface area contributed by atoms with E-state index in [4.69, 9.17) is 29.6 Å². The van der Waals surface area contributed by atoms with Crippen LogP contribution in [0.2, 0.25) is 5.02 Å². The van der Waals surface area contributed by atoms with E-state index in [1.54, 1.807) is 6.92 Å². The molecule has 9 heteroatoms. The van der Waals surface area contributed by atoms with E-state index < -0.39 is 15.9 Å². The van der Waals surface area contributed by atoms with Gasteiger partial charge in [0.25, 0.3) is 0 Å². The van der Waals surface area contributed by atoms with Crippen LogP contribution in [0.5, 0.6) is 0 Å². The van der Waals surface area contributed by atoms with Crippen LogP contribution in [0.25, 0.3) is 0 Å². The summed E-state index contributed by atoms with van der Waals surface area (Å²) < 4.78 is 26.1. The Kier molecular flexibility index (Phi) is 6.09. The van der Waals surface area contributed by atoms with E-state index >= 15 is 0 Å². The second-order valence-electron chi connectivity index (χ2n) is 4.11. The first-order valence-electron chi connectivity index (χ1n) is 6.04. The predicted octanol–water partition coefficient (Wildman–Crippen LogP) is 0.731. The van der Waals surface area contributed by atoms with Gasteiger partial charge >= 0.3 is 0 Å². The number of nitrogens with one attached hydrogen (secondary N) is 1. The van der Waals surface area contributed by atoms with Gasteiger partial charge in [-0.1, -0.05) is 36.8 Å². The Morgan fingerprint density at radius 2 is 2.10 bits per heavy atom. The number of carbonyl (C=O) groups excluding carboxylic acids is 1. The lowest BCUT2D eigenvalue weighted by Gasteiger charge is -2.20. The number of sulfonamides is 1. The largest absolute Gasteiger partial charge is 0.389 e. The Bertz CT molecular complexity index is 662. The highest BCUT2D eigenvalue weighted by atomic mass is 35.5. The third-order valence-corrected chi connectivity index (χ3v) is 5.43. The lowest BCUT2D eigenvalue weighted by Crippen LogP contribution is -2.39. The molecule has 0 fully saturated rings. The molecular formula is C12H16ClN3O3S2. The minimum absolute atomic E-state index is 0.00987. The highest BCUT2D eigenvalue weighted by molar-refractivity contribution is 7.89. The molecule has 0 heterocycles. The molecule has 0 spiro atoms. The number of rotatable bonds is 6. The Morgan fingerprint density at radius 3 is 2.52 bits per heavy atom. The number of likely N-dealkylation sites (N-methyl/N-ethyl adjacent to an activating group) is 2. The Balaban J connectivity index is 3.23. The first kappa shape index (κ1) is 17.8. The number of nitrogens with zero attached hydrogens (tertiary/aromatic N) is 1. The second-order valence-corrected chi connectivity index (χ2v) is 6.87. The summed E-state index contributed by atoms with van der Waals surface area (Å²) in [5.41, 5.74) is 5.95. The van der Waals surface area contributed by atoms with Gasteiger partial charge in [0.15, 0.2) is 0 Å². The van der Waals surface area contributed by atoms with Gasteiger partial charge in [0.2, 0.25) is 15.9 Å². The van der Waals surface area contributed by atoms with E-state index in [0.717, 1.165) is 4.31 Å². The topological polar surface area (TPSA) is 92.5 Å². The summed E-state index contributed by atoms with van der Waals surface area (Å²) in [4.78, 5) is 11.4. The van der Waals surface area contributed by atoms with Gasteiger partial charge in [-0.3, -0.25) is 4.79 Å². The van der Waals surface area contributed by atoms with Crippen LogP contribution in [-0.2, 0) is 14.8 Å². The van der Waals surface area contributed by atoms with Gasteiger partial charge in [-0.2, -0.15) is 4.31 Å². The van der Waals surface area contributed by atoms with Crippen molar-refractivity contribution in [2.24, 2.45) is 5.73 Å². The van der Waals surface area contributed by atoms with Gasteiger partial charge in [-0.15, -0.1) is 0 Å².